The highest BCUT2D eigenvalue weighted by molar-refractivity contribution is 7.99. The minimum absolute atomic E-state index is 0.0413. The summed E-state index contributed by atoms with van der Waals surface area (Å²) in [6.45, 7) is 9.49. The van der Waals surface area contributed by atoms with Gasteiger partial charge < -0.3 is 5.32 Å². The standard InChI is InChI=1S/C24H26N4O2S/c1-15(2)24(5,14-25)27-21(29)13-31-23-26-20-9-7-6-8-19(20)22(30)28(23)18-11-10-16(3)17(4)12-18/h6-12,15H,13H2,1-5H3,(H,27,29). The molecule has 1 atom stereocenters. The van der Waals surface area contributed by atoms with Crippen LogP contribution in [0.4, 0.5) is 0 Å². The molecule has 0 saturated heterocycles. The number of hydrogen-bond donors (Lipinski definition) is 1. The number of nitrogens with zero attached hydrogens (tertiary/aromatic N) is 3. The summed E-state index contributed by atoms with van der Waals surface area (Å²) < 4.78 is 1.55. The van der Waals surface area contributed by atoms with Gasteiger partial charge in [0.1, 0.15) is 5.54 Å². The van der Waals surface area contributed by atoms with Crippen LogP contribution in [0.1, 0.15) is 31.9 Å². The van der Waals surface area contributed by atoms with Gasteiger partial charge in [-0.2, -0.15) is 5.26 Å². The van der Waals surface area contributed by atoms with Gasteiger partial charge in [-0.1, -0.05) is 43.8 Å². The zero-order valence-electron chi connectivity index (χ0n) is 18.4. The van der Waals surface area contributed by atoms with Gasteiger partial charge in [-0.05, 0) is 62.1 Å². The molecule has 0 radical (unpaired) electrons. The first kappa shape index (κ1) is 22.6. The van der Waals surface area contributed by atoms with Crippen molar-refractivity contribution in [2.75, 3.05) is 5.75 Å². The fourth-order valence-corrected chi connectivity index (χ4v) is 3.87. The number of nitrogens with one attached hydrogen (secondary N) is 1. The predicted molar refractivity (Wildman–Crippen MR) is 125 cm³/mol. The van der Waals surface area contributed by atoms with E-state index in [0.29, 0.717) is 21.7 Å². The third-order valence-corrected chi connectivity index (χ3v) is 6.55. The number of carbonyl (C=O) groups is 1. The third-order valence-electron chi connectivity index (χ3n) is 5.61. The minimum Gasteiger partial charge on any atom is -0.337 e. The Bertz CT molecular complexity index is 1240. The van der Waals surface area contributed by atoms with Crippen LogP contribution in [0.3, 0.4) is 0 Å². The number of amides is 1. The van der Waals surface area contributed by atoms with Crippen molar-refractivity contribution in [3.63, 3.8) is 0 Å². The number of thioether (sulfide) groups is 1. The molecule has 1 unspecified atom stereocenters. The monoisotopic (exact) mass is 434 g/mol. The zero-order chi connectivity index (χ0) is 22.8. The molecule has 1 heterocycles. The van der Waals surface area contributed by atoms with Gasteiger partial charge in [0, 0.05) is 0 Å². The molecule has 1 N–H and O–H groups in total. The number of benzene rings is 2. The minimum atomic E-state index is -0.956. The summed E-state index contributed by atoms with van der Waals surface area (Å²) in [4.78, 5) is 30.6. The van der Waals surface area contributed by atoms with E-state index in [-0.39, 0.29) is 23.1 Å². The molecule has 0 spiro atoms. The summed E-state index contributed by atoms with van der Waals surface area (Å²) >= 11 is 1.18. The number of carbonyl (C=O) groups excluding carboxylic acids is 1. The smallest absolute Gasteiger partial charge is 0.266 e. The molecule has 2 aromatic carbocycles. The highest BCUT2D eigenvalue weighted by atomic mass is 32.2. The number of fused-ring (bicyclic) bond motifs is 1. The van der Waals surface area contributed by atoms with Crippen molar-refractivity contribution in [1.29, 1.82) is 5.26 Å². The molecule has 31 heavy (non-hydrogen) atoms. The predicted octanol–water partition coefficient (Wildman–Crippen LogP) is 4.15. The van der Waals surface area contributed by atoms with Crippen LogP contribution in [-0.2, 0) is 4.79 Å². The van der Waals surface area contributed by atoms with Gasteiger partial charge in [-0.25, -0.2) is 4.98 Å². The Hall–Kier alpha value is -3.11. The second-order valence-corrected chi connectivity index (χ2v) is 9.07. The zero-order valence-corrected chi connectivity index (χ0v) is 19.2. The molecule has 3 aromatic rings. The molecule has 1 aromatic heterocycles. The lowest BCUT2D eigenvalue weighted by Crippen LogP contribution is -2.49. The topological polar surface area (TPSA) is 87.8 Å². The molecular weight excluding hydrogens is 408 g/mol. The maximum absolute atomic E-state index is 13.3. The summed E-state index contributed by atoms with van der Waals surface area (Å²) in [5, 5.41) is 13.2. The van der Waals surface area contributed by atoms with Crippen LogP contribution < -0.4 is 10.9 Å². The fraction of sp³-hybridized carbons (Fsp3) is 0.333. The van der Waals surface area contributed by atoms with Gasteiger partial charge >= 0.3 is 0 Å². The molecule has 6 nitrogen and oxygen atoms in total. The normalized spacial score (nSPS) is 13.1. The van der Waals surface area contributed by atoms with E-state index >= 15 is 0 Å². The van der Waals surface area contributed by atoms with E-state index in [4.69, 9.17) is 0 Å². The number of nitriles is 1. The van der Waals surface area contributed by atoms with Crippen LogP contribution >= 0.6 is 11.8 Å². The highest BCUT2D eigenvalue weighted by Crippen LogP contribution is 2.23. The van der Waals surface area contributed by atoms with Gasteiger partial charge in [0.05, 0.1) is 28.4 Å². The molecule has 0 aliphatic heterocycles. The highest BCUT2D eigenvalue weighted by Gasteiger charge is 2.30. The van der Waals surface area contributed by atoms with Crippen LogP contribution in [-0.4, -0.2) is 26.8 Å². The maximum atomic E-state index is 13.3. The molecule has 1 amide bonds. The number of aromatic nitrogens is 2. The molecular formula is C24H26N4O2S. The average Bonchev–Trinajstić information content (AvgIpc) is 2.74. The summed E-state index contributed by atoms with van der Waals surface area (Å²) in [7, 11) is 0. The first-order valence-corrected chi connectivity index (χ1v) is 11.1. The summed E-state index contributed by atoms with van der Waals surface area (Å²) in [5.41, 5.74) is 2.34. The summed E-state index contributed by atoms with van der Waals surface area (Å²) in [6.07, 6.45) is 0. The molecule has 0 aliphatic rings. The van der Waals surface area contributed by atoms with E-state index < -0.39 is 5.54 Å². The van der Waals surface area contributed by atoms with E-state index in [1.54, 1.807) is 23.6 Å². The SMILES string of the molecule is Cc1ccc(-n2c(SCC(=O)NC(C)(C#N)C(C)C)nc3ccccc3c2=O)cc1C. The Balaban J connectivity index is 2.01. The lowest BCUT2D eigenvalue weighted by atomic mass is 9.90. The number of rotatable bonds is 6. The van der Waals surface area contributed by atoms with Crippen molar-refractivity contribution < 1.29 is 4.79 Å². The van der Waals surface area contributed by atoms with E-state index in [1.807, 2.05) is 58.0 Å². The largest absolute Gasteiger partial charge is 0.337 e. The molecule has 3 rings (SSSR count). The molecule has 7 heteroatoms. The van der Waals surface area contributed by atoms with E-state index in [9.17, 15) is 14.9 Å². The average molecular weight is 435 g/mol. The van der Waals surface area contributed by atoms with Gasteiger partial charge in [-0.3, -0.25) is 14.2 Å². The van der Waals surface area contributed by atoms with E-state index in [0.717, 1.165) is 11.1 Å². The van der Waals surface area contributed by atoms with Gasteiger partial charge in [0.25, 0.3) is 5.56 Å². The second kappa shape index (κ2) is 8.94. The van der Waals surface area contributed by atoms with E-state index in [2.05, 4.69) is 16.4 Å². The summed E-state index contributed by atoms with van der Waals surface area (Å²) in [5.74, 6) is -0.282. The Morgan fingerprint density at radius 1 is 1.23 bits per heavy atom. The quantitative estimate of drug-likeness (QED) is 0.465. The van der Waals surface area contributed by atoms with Crippen molar-refractivity contribution in [2.24, 2.45) is 5.92 Å². The van der Waals surface area contributed by atoms with Crippen molar-refractivity contribution in [3.05, 3.63) is 63.9 Å². The number of aryl methyl sites for hydroxylation is 2. The Morgan fingerprint density at radius 2 is 1.94 bits per heavy atom. The maximum Gasteiger partial charge on any atom is 0.266 e. The lowest BCUT2D eigenvalue weighted by molar-refractivity contribution is -0.120. The van der Waals surface area contributed by atoms with Gasteiger partial charge in [-0.15, -0.1) is 0 Å². The first-order chi connectivity index (χ1) is 14.7. The van der Waals surface area contributed by atoms with Crippen LogP contribution in [0.2, 0.25) is 0 Å². The molecule has 0 aliphatic carbocycles. The Morgan fingerprint density at radius 3 is 2.58 bits per heavy atom. The van der Waals surface area contributed by atoms with Crippen molar-refractivity contribution >= 4 is 28.6 Å². The van der Waals surface area contributed by atoms with Crippen LogP contribution in [0.5, 0.6) is 0 Å². The van der Waals surface area contributed by atoms with Crippen molar-refractivity contribution in [1.82, 2.24) is 14.9 Å². The molecule has 0 saturated carbocycles. The number of para-hydroxylation sites is 1. The summed E-state index contributed by atoms with van der Waals surface area (Å²) in [6, 6.07) is 15.2. The van der Waals surface area contributed by atoms with Crippen LogP contribution in [0, 0.1) is 31.1 Å². The Labute approximate surface area is 186 Å². The Kier molecular flexibility index (Phi) is 6.51. The van der Waals surface area contributed by atoms with E-state index in [1.165, 1.54) is 11.8 Å². The third kappa shape index (κ3) is 4.64. The van der Waals surface area contributed by atoms with Crippen molar-refractivity contribution in [2.45, 2.75) is 45.3 Å². The van der Waals surface area contributed by atoms with Crippen LogP contribution in [0.15, 0.2) is 52.4 Å². The molecule has 0 fully saturated rings. The lowest BCUT2D eigenvalue weighted by Gasteiger charge is -2.27. The molecule has 0 bridgehead atoms. The van der Waals surface area contributed by atoms with Gasteiger partial charge in [0.2, 0.25) is 5.91 Å². The van der Waals surface area contributed by atoms with Crippen LogP contribution in [0.25, 0.3) is 16.6 Å². The van der Waals surface area contributed by atoms with Crippen molar-refractivity contribution in [3.8, 4) is 11.8 Å². The van der Waals surface area contributed by atoms with Gasteiger partial charge in [0.15, 0.2) is 5.16 Å². The fourth-order valence-electron chi connectivity index (χ4n) is 3.06. The second-order valence-electron chi connectivity index (χ2n) is 8.13. The number of hydrogen-bond acceptors (Lipinski definition) is 5. The molecule has 160 valence electrons. The first-order valence-electron chi connectivity index (χ1n) is 10.1.